The minimum atomic E-state index is 0.158. The van der Waals surface area contributed by atoms with Crippen LogP contribution in [0.25, 0.3) is 0 Å². The Hall–Kier alpha value is -1.68. The monoisotopic (exact) mass is 216 g/mol. The van der Waals surface area contributed by atoms with E-state index in [1.54, 1.807) is 0 Å². The van der Waals surface area contributed by atoms with Crippen molar-refractivity contribution in [3.63, 3.8) is 0 Å². The summed E-state index contributed by atoms with van der Waals surface area (Å²) in [5, 5.41) is 10.4. The van der Waals surface area contributed by atoms with Gasteiger partial charge in [0.05, 0.1) is 6.04 Å². The Morgan fingerprint density at radius 1 is 1.31 bits per heavy atom. The molecule has 1 aromatic carbocycles. The molecule has 2 aromatic rings. The lowest BCUT2D eigenvalue weighted by Crippen LogP contribution is -2.19. The van der Waals surface area contributed by atoms with Crippen LogP contribution in [0.3, 0.4) is 0 Å². The third-order valence-electron chi connectivity index (χ3n) is 2.46. The van der Waals surface area contributed by atoms with Gasteiger partial charge in [-0.15, -0.1) is 0 Å². The summed E-state index contributed by atoms with van der Waals surface area (Å²) in [6.45, 7) is 4.79. The van der Waals surface area contributed by atoms with Gasteiger partial charge in [-0.2, -0.15) is 5.10 Å². The first-order valence-electron chi connectivity index (χ1n) is 5.42. The lowest BCUT2D eigenvalue weighted by molar-refractivity contribution is 0.548. The molecule has 0 spiro atoms. The van der Waals surface area contributed by atoms with Crippen LogP contribution < -0.4 is 5.32 Å². The van der Waals surface area contributed by atoms with Gasteiger partial charge in [-0.05, 0) is 19.4 Å². The van der Waals surface area contributed by atoms with Crippen LogP contribution in [0.4, 0.5) is 0 Å². The fourth-order valence-electron chi connectivity index (χ4n) is 1.51. The number of aromatic nitrogens is 3. The molecule has 16 heavy (non-hydrogen) atoms. The molecule has 0 aliphatic heterocycles. The van der Waals surface area contributed by atoms with Gasteiger partial charge in [0.1, 0.15) is 5.82 Å². The molecule has 1 aromatic heterocycles. The van der Waals surface area contributed by atoms with Gasteiger partial charge >= 0.3 is 0 Å². The first kappa shape index (κ1) is 10.8. The zero-order valence-electron chi connectivity index (χ0n) is 9.57. The van der Waals surface area contributed by atoms with Gasteiger partial charge in [-0.25, -0.2) is 4.98 Å². The largest absolute Gasteiger partial charge is 0.303 e. The average Bonchev–Trinajstić information content (AvgIpc) is 2.74. The van der Waals surface area contributed by atoms with Crippen LogP contribution in [-0.4, -0.2) is 15.2 Å². The quantitative estimate of drug-likeness (QED) is 0.821. The summed E-state index contributed by atoms with van der Waals surface area (Å²) in [7, 11) is 0. The molecular formula is C12H16N4. The third-order valence-corrected chi connectivity index (χ3v) is 2.46. The SMILES string of the molecule is Cc1nc(C(C)NCc2ccccc2)n[nH]1. The maximum atomic E-state index is 4.29. The molecule has 84 valence electrons. The zero-order chi connectivity index (χ0) is 11.4. The number of aryl methyl sites for hydroxylation is 1. The maximum absolute atomic E-state index is 4.29. The highest BCUT2D eigenvalue weighted by atomic mass is 15.2. The van der Waals surface area contributed by atoms with Crippen LogP contribution in [0.15, 0.2) is 30.3 Å². The molecule has 0 aliphatic rings. The molecule has 0 saturated heterocycles. The Morgan fingerprint density at radius 2 is 2.06 bits per heavy atom. The summed E-state index contributed by atoms with van der Waals surface area (Å²) in [5.41, 5.74) is 1.27. The highest BCUT2D eigenvalue weighted by molar-refractivity contribution is 5.14. The summed E-state index contributed by atoms with van der Waals surface area (Å²) < 4.78 is 0. The van der Waals surface area contributed by atoms with Crippen molar-refractivity contribution in [2.75, 3.05) is 0 Å². The minimum absolute atomic E-state index is 0.158. The molecule has 0 amide bonds. The molecule has 1 unspecified atom stereocenters. The predicted octanol–water partition coefficient (Wildman–Crippen LogP) is 1.96. The van der Waals surface area contributed by atoms with E-state index in [-0.39, 0.29) is 6.04 Å². The number of aromatic amines is 1. The van der Waals surface area contributed by atoms with E-state index < -0.39 is 0 Å². The number of nitrogens with one attached hydrogen (secondary N) is 2. The highest BCUT2D eigenvalue weighted by Crippen LogP contribution is 2.07. The molecule has 0 aliphatic carbocycles. The van der Waals surface area contributed by atoms with E-state index in [0.29, 0.717) is 0 Å². The van der Waals surface area contributed by atoms with Crippen molar-refractivity contribution < 1.29 is 0 Å². The molecule has 1 atom stereocenters. The van der Waals surface area contributed by atoms with E-state index in [0.717, 1.165) is 18.2 Å². The second kappa shape index (κ2) is 4.90. The Morgan fingerprint density at radius 3 is 2.69 bits per heavy atom. The average molecular weight is 216 g/mol. The molecule has 0 radical (unpaired) electrons. The summed E-state index contributed by atoms with van der Waals surface area (Å²) in [5.74, 6) is 1.66. The number of H-pyrrole nitrogens is 1. The van der Waals surface area contributed by atoms with Crippen LogP contribution in [-0.2, 0) is 6.54 Å². The summed E-state index contributed by atoms with van der Waals surface area (Å²) in [6, 6.07) is 10.5. The standard InChI is InChI=1S/C12H16N4/c1-9(12-14-10(2)15-16-12)13-8-11-6-4-3-5-7-11/h3-7,9,13H,8H2,1-2H3,(H,14,15,16). The van der Waals surface area contributed by atoms with E-state index in [4.69, 9.17) is 0 Å². The van der Waals surface area contributed by atoms with Gasteiger partial charge in [0, 0.05) is 6.54 Å². The summed E-state index contributed by atoms with van der Waals surface area (Å²) in [4.78, 5) is 4.29. The number of hydrogen-bond donors (Lipinski definition) is 2. The lowest BCUT2D eigenvalue weighted by atomic mass is 10.2. The second-order valence-corrected chi connectivity index (χ2v) is 3.87. The third kappa shape index (κ3) is 2.67. The fourth-order valence-corrected chi connectivity index (χ4v) is 1.51. The summed E-state index contributed by atoms with van der Waals surface area (Å²) in [6.07, 6.45) is 0. The van der Waals surface area contributed by atoms with Crippen molar-refractivity contribution >= 4 is 0 Å². The molecule has 4 nitrogen and oxygen atoms in total. The maximum Gasteiger partial charge on any atom is 0.167 e. The van der Waals surface area contributed by atoms with E-state index in [2.05, 4.69) is 39.6 Å². The Kier molecular flexibility index (Phi) is 3.31. The number of rotatable bonds is 4. The van der Waals surface area contributed by atoms with Gasteiger partial charge in [0.15, 0.2) is 5.82 Å². The predicted molar refractivity (Wildman–Crippen MR) is 62.8 cm³/mol. The summed E-state index contributed by atoms with van der Waals surface area (Å²) >= 11 is 0. The zero-order valence-corrected chi connectivity index (χ0v) is 9.57. The van der Waals surface area contributed by atoms with Gasteiger partial charge in [0.25, 0.3) is 0 Å². The first-order chi connectivity index (χ1) is 7.75. The Bertz CT molecular complexity index is 435. The van der Waals surface area contributed by atoms with Crippen molar-refractivity contribution in [2.24, 2.45) is 0 Å². The minimum Gasteiger partial charge on any atom is -0.303 e. The topological polar surface area (TPSA) is 53.6 Å². The van der Waals surface area contributed by atoms with Crippen LogP contribution in [0, 0.1) is 6.92 Å². The smallest absolute Gasteiger partial charge is 0.167 e. The van der Waals surface area contributed by atoms with Gasteiger partial charge in [-0.1, -0.05) is 30.3 Å². The molecule has 2 rings (SSSR count). The van der Waals surface area contributed by atoms with Crippen molar-refractivity contribution in [1.29, 1.82) is 0 Å². The number of nitrogens with zero attached hydrogens (tertiary/aromatic N) is 2. The van der Waals surface area contributed by atoms with E-state index >= 15 is 0 Å². The van der Waals surface area contributed by atoms with E-state index in [9.17, 15) is 0 Å². The van der Waals surface area contributed by atoms with Gasteiger partial charge in [0.2, 0.25) is 0 Å². The molecule has 0 fully saturated rings. The van der Waals surface area contributed by atoms with Gasteiger partial charge < -0.3 is 5.32 Å². The number of hydrogen-bond acceptors (Lipinski definition) is 3. The molecule has 0 saturated carbocycles. The molecule has 0 bridgehead atoms. The highest BCUT2D eigenvalue weighted by Gasteiger charge is 2.09. The van der Waals surface area contributed by atoms with Crippen molar-refractivity contribution in [3.05, 3.63) is 47.5 Å². The van der Waals surface area contributed by atoms with Crippen LogP contribution in [0.2, 0.25) is 0 Å². The second-order valence-electron chi connectivity index (χ2n) is 3.87. The van der Waals surface area contributed by atoms with Crippen molar-refractivity contribution in [1.82, 2.24) is 20.5 Å². The Balaban J connectivity index is 1.91. The normalized spacial score (nSPS) is 12.6. The first-order valence-corrected chi connectivity index (χ1v) is 5.42. The van der Waals surface area contributed by atoms with E-state index in [1.165, 1.54) is 5.56 Å². The fraction of sp³-hybridized carbons (Fsp3) is 0.333. The van der Waals surface area contributed by atoms with Gasteiger partial charge in [-0.3, -0.25) is 5.10 Å². The van der Waals surface area contributed by atoms with Crippen LogP contribution in [0.5, 0.6) is 0 Å². The van der Waals surface area contributed by atoms with Crippen molar-refractivity contribution in [3.8, 4) is 0 Å². The van der Waals surface area contributed by atoms with Crippen molar-refractivity contribution in [2.45, 2.75) is 26.4 Å². The lowest BCUT2D eigenvalue weighted by Gasteiger charge is -2.09. The van der Waals surface area contributed by atoms with Crippen LogP contribution in [0.1, 0.15) is 30.2 Å². The Labute approximate surface area is 95.1 Å². The molecule has 2 N–H and O–H groups in total. The van der Waals surface area contributed by atoms with Crippen LogP contribution >= 0.6 is 0 Å². The molecular weight excluding hydrogens is 200 g/mol. The molecule has 4 heteroatoms. The van der Waals surface area contributed by atoms with E-state index in [1.807, 2.05) is 25.1 Å². The number of benzene rings is 1. The molecule has 1 heterocycles.